The SMILES string of the molecule is C[C@@]12CCC[C@H]1[C@@H]1C/C(=N/O)C3CCCC[C@]3(C)[C@H]1CC2. The molecule has 2 nitrogen and oxygen atoms in total. The summed E-state index contributed by atoms with van der Waals surface area (Å²) in [5.41, 5.74) is 2.18. The van der Waals surface area contributed by atoms with Crippen LogP contribution in [0.2, 0.25) is 0 Å². The van der Waals surface area contributed by atoms with Gasteiger partial charge in [-0.25, -0.2) is 0 Å². The van der Waals surface area contributed by atoms with Crippen LogP contribution in [0.5, 0.6) is 0 Å². The highest BCUT2D eigenvalue weighted by Crippen LogP contribution is 2.65. The zero-order chi connectivity index (χ0) is 14.7. The third-order valence-electron chi connectivity index (χ3n) is 8.30. The van der Waals surface area contributed by atoms with Crippen LogP contribution in [0, 0.1) is 34.5 Å². The van der Waals surface area contributed by atoms with Gasteiger partial charge in [0.25, 0.3) is 0 Å². The zero-order valence-electron chi connectivity index (χ0n) is 13.8. The van der Waals surface area contributed by atoms with Gasteiger partial charge < -0.3 is 5.21 Å². The summed E-state index contributed by atoms with van der Waals surface area (Å²) in [6, 6.07) is 0. The van der Waals surface area contributed by atoms with Crippen LogP contribution in [0.3, 0.4) is 0 Å². The highest BCUT2D eigenvalue weighted by atomic mass is 16.4. The molecule has 0 radical (unpaired) electrons. The molecule has 0 heterocycles. The van der Waals surface area contributed by atoms with Crippen molar-refractivity contribution in [2.75, 3.05) is 0 Å². The van der Waals surface area contributed by atoms with Gasteiger partial charge in [-0.2, -0.15) is 0 Å². The topological polar surface area (TPSA) is 32.6 Å². The van der Waals surface area contributed by atoms with Crippen molar-refractivity contribution in [3.63, 3.8) is 0 Å². The Labute approximate surface area is 129 Å². The minimum Gasteiger partial charge on any atom is -0.411 e. The average molecular weight is 289 g/mol. The second-order valence-electron chi connectivity index (χ2n) is 9.06. The summed E-state index contributed by atoms with van der Waals surface area (Å²) in [6.07, 6.45) is 13.6. The van der Waals surface area contributed by atoms with E-state index in [2.05, 4.69) is 19.0 Å². The first-order valence-electron chi connectivity index (χ1n) is 9.29. The number of fused-ring (bicyclic) bond motifs is 5. The first-order chi connectivity index (χ1) is 10.1. The standard InChI is InChI=1S/C19H31NO/c1-18-9-5-7-14(18)13-12-17(20-21)16-6-3-4-10-19(16,2)15(13)8-11-18/h13-16,21H,3-12H2,1-2H3/b20-17-/t13-,14-,15-,16?,18-,19+/m0/s1. The van der Waals surface area contributed by atoms with Crippen LogP contribution >= 0.6 is 0 Å². The average Bonchev–Trinajstić information content (AvgIpc) is 2.87. The van der Waals surface area contributed by atoms with Crippen molar-refractivity contribution >= 4 is 5.71 Å². The first-order valence-corrected chi connectivity index (χ1v) is 9.29. The third-order valence-corrected chi connectivity index (χ3v) is 8.30. The Morgan fingerprint density at radius 2 is 1.81 bits per heavy atom. The summed E-state index contributed by atoms with van der Waals surface area (Å²) in [5, 5.41) is 13.4. The molecule has 0 aromatic carbocycles. The lowest BCUT2D eigenvalue weighted by molar-refractivity contribution is -0.0642. The van der Waals surface area contributed by atoms with E-state index >= 15 is 0 Å². The molecule has 0 amide bonds. The van der Waals surface area contributed by atoms with Crippen molar-refractivity contribution in [1.82, 2.24) is 0 Å². The normalized spacial score (nSPS) is 54.9. The second-order valence-corrected chi connectivity index (χ2v) is 9.06. The molecule has 1 unspecified atom stereocenters. The van der Waals surface area contributed by atoms with Gasteiger partial charge in [-0.1, -0.05) is 38.3 Å². The van der Waals surface area contributed by atoms with E-state index in [-0.39, 0.29) is 0 Å². The molecule has 4 rings (SSSR count). The number of rotatable bonds is 0. The molecule has 4 saturated carbocycles. The van der Waals surface area contributed by atoms with Gasteiger partial charge in [0.05, 0.1) is 5.71 Å². The van der Waals surface area contributed by atoms with Crippen LogP contribution in [0.1, 0.15) is 78.1 Å². The highest BCUT2D eigenvalue weighted by Gasteiger charge is 2.58. The van der Waals surface area contributed by atoms with Crippen LogP contribution in [0.15, 0.2) is 5.16 Å². The molecule has 0 spiro atoms. The molecule has 0 aliphatic heterocycles. The number of nitrogens with zero attached hydrogens (tertiary/aromatic N) is 1. The van der Waals surface area contributed by atoms with Crippen LogP contribution in [-0.4, -0.2) is 10.9 Å². The number of hydrogen-bond acceptors (Lipinski definition) is 2. The molecule has 0 saturated heterocycles. The van der Waals surface area contributed by atoms with E-state index in [1.54, 1.807) is 0 Å². The lowest BCUT2D eigenvalue weighted by Crippen LogP contribution is -2.55. The molecule has 0 bridgehead atoms. The molecule has 4 fully saturated rings. The van der Waals surface area contributed by atoms with Crippen LogP contribution < -0.4 is 0 Å². The zero-order valence-corrected chi connectivity index (χ0v) is 13.8. The fraction of sp³-hybridized carbons (Fsp3) is 0.947. The minimum atomic E-state index is 0.423. The van der Waals surface area contributed by atoms with Crippen molar-refractivity contribution in [3.8, 4) is 0 Å². The van der Waals surface area contributed by atoms with Gasteiger partial charge in [0.1, 0.15) is 0 Å². The minimum absolute atomic E-state index is 0.423. The molecule has 6 atom stereocenters. The summed E-state index contributed by atoms with van der Waals surface area (Å²) in [7, 11) is 0. The molecule has 21 heavy (non-hydrogen) atoms. The smallest absolute Gasteiger partial charge is 0.0610 e. The van der Waals surface area contributed by atoms with Crippen molar-refractivity contribution in [1.29, 1.82) is 0 Å². The van der Waals surface area contributed by atoms with Crippen LogP contribution in [-0.2, 0) is 0 Å². The first kappa shape index (κ1) is 14.1. The molecule has 1 N–H and O–H groups in total. The van der Waals surface area contributed by atoms with Gasteiger partial charge in [-0.15, -0.1) is 0 Å². The van der Waals surface area contributed by atoms with E-state index in [0.29, 0.717) is 16.7 Å². The van der Waals surface area contributed by atoms with Crippen molar-refractivity contribution in [3.05, 3.63) is 0 Å². The van der Waals surface area contributed by atoms with Crippen molar-refractivity contribution in [2.45, 2.75) is 78.1 Å². The van der Waals surface area contributed by atoms with Gasteiger partial charge in [0.2, 0.25) is 0 Å². The van der Waals surface area contributed by atoms with Crippen molar-refractivity contribution < 1.29 is 5.21 Å². The van der Waals surface area contributed by atoms with Crippen molar-refractivity contribution in [2.24, 2.45) is 39.7 Å². The van der Waals surface area contributed by atoms with E-state index in [0.717, 1.165) is 29.9 Å². The lowest BCUT2D eigenvalue weighted by atomic mass is 9.45. The molecule has 118 valence electrons. The summed E-state index contributed by atoms with van der Waals surface area (Å²) >= 11 is 0. The van der Waals surface area contributed by atoms with Gasteiger partial charge >= 0.3 is 0 Å². The molecule has 0 aromatic heterocycles. The third kappa shape index (κ3) is 1.86. The van der Waals surface area contributed by atoms with E-state index in [9.17, 15) is 5.21 Å². The fourth-order valence-electron chi connectivity index (χ4n) is 7.23. The van der Waals surface area contributed by atoms with Gasteiger partial charge in [0.15, 0.2) is 0 Å². The molecule has 0 aromatic rings. The van der Waals surface area contributed by atoms with Gasteiger partial charge in [-0.3, -0.25) is 0 Å². The maximum absolute atomic E-state index is 9.63. The number of hydrogen-bond donors (Lipinski definition) is 1. The summed E-state index contributed by atoms with van der Waals surface area (Å²) in [5.74, 6) is 3.16. The van der Waals surface area contributed by atoms with E-state index in [1.165, 1.54) is 57.8 Å². The molecular weight excluding hydrogens is 258 g/mol. The van der Waals surface area contributed by atoms with E-state index in [4.69, 9.17) is 0 Å². The molecular formula is C19H31NO. The fourth-order valence-corrected chi connectivity index (χ4v) is 7.23. The highest BCUT2D eigenvalue weighted by molar-refractivity contribution is 5.88. The molecule has 4 aliphatic carbocycles. The van der Waals surface area contributed by atoms with E-state index < -0.39 is 0 Å². The number of oxime groups is 1. The lowest BCUT2D eigenvalue weighted by Gasteiger charge is -2.59. The molecule has 4 aliphatic rings. The van der Waals surface area contributed by atoms with Crippen LogP contribution in [0.25, 0.3) is 0 Å². The molecule has 2 heteroatoms. The Morgan fingerprint density at radius 3 is 2.62 bits per heavy atom. The summed E-state index contributed by atoms with van der Waals surface area (Å²) < 4.78 is 0. The maximum atomic E-state index is 9.63. The largest absolute Gasteiger partial charge is 0.411 e. The predicted molar refractivity (Wildman–Crippen MR) is 85.6 cm³/mol. The Kier molecular flexibility index (Phi) is 3.17. The Morgan fingerprint density at radius 1 is 0.952 bits per heavy atom. The Bertz CT molecular complexity index is 458. The van der Waals surface area contributed by atoms with Gasteiger partial charge in [0, 0.05) is 5.92 Å². The summed E-state index contributed by atoms with van der Waals surface area (Å²) in [4.78, 5) is 0. The summed E-state index contributed by atoms with van der Waals surface area (Å²) in [6.45, 7) is 5.09. The predicted octanol–water partition coefficient (Wildman–Crippen LogP) is 5.25. The van der Waals surface area contributed by atoms with Gasteiger partial charge in [-0.05, 0) is 73.5 Å². The van der Waals surface area contributed by atoms with E-state index in [1.807, 2.05) is 0 Å². The second kappa shape index (κ2) is 4.73. The monoisotopic (exact) mass is 289 g/mol. The Balaban J connectivity index is 1.72. The quantitative estimate of drug-likeness (QED) is 0.479. The van der Waals surface area contributed by atoms with Crippen LogP contribution in [0.4, 0.5) is 0 Å². The Hall–Kier alpha value is -0.530. The maximum Gasteiger partial charge on any atom is 0.0610 e.